The van der Waals surface area contributed by atoms with Gasteiger partial charge in [0.1, 0.15) is 5.54 Å². The minimum absolute atomic E-state index is 0.245. The molecule has 0 aromatic carbocycles. The van der Waals surface area contributed by atoms with Gasteiger partial charge >= 0.3 is 0 Å². The summed E-state index contributed by atoms with van der Waals surface area (Å²) in [4.78, 5) is 4.21. The molecule has 0 amide bonds. The molecular weight excluding hydrogens is 270 g/mol. The predicted octanol–water partition coefficient (Wildman–Crippen LogP) is 2.58. The fraction of sp³-hybridized carbons (Fsp3) is 0.500. The van der Waals surface area contributed by atoms with Gasteiger partial charge in [-0.3, -0.25) is 0 Å². The molecule has 2 heterocycles. The second kappa shape index (κ2) is 5.73. The van der Waals surface area contributed by atoms with Crippen molar-refractivity contribution in [2.75, 3.05) is 13.2 Å². The van der Waals surface area contributed by atoms with Crippen LogP contribution in [0.2, 0.25) is 5.22 Å². The highest BCUT2D eigenvalue weighted by atomic mass is 35.5. The fourth-order valence-corrected chi connectivity index (χ4v) is 1.62. The Morgan fingerprint density at radius 1 is 1.47 bits per heavy atom. The van der Waals surface area contributed by atoms with Crippen LogP contribution in [0.3, 0.4) is 0 Å². The lowest BCUT2D eigenvalue weighted by atomic mass is 10.1. The summed E-state index contributed by atoms with van der Waals surface area (Å²) >= 11 is 5.69. The quantitative estimate of drug-likeness (QED) is 0.821. The smallest absolute Gasteiger partial charge is 0.293 e. The van der Waals surface area contributed by atoms with Gasteiger partial charge in [-0.2, -0.15) is 4.98 Å². The van der Waals surface area contributed by atoms with Crippen LogP contribution in [0, 0.1) is 0 Å². The molecule has 0 fully saturated rings. The van der Waals surface area contributed by atoms with Gasteiger partial charge in [-0.15, -0.1) is 0 Å². The standard InChI is InChI=1S/C12H16ClN3O3/c1-3-6-17-7-12(2,14)11-15-10(19-16-11)8-4-5-9(13)18-8/h4-5H,3,6-7,14H2,1-2H3. The third kappa shape index (κ3) is 3.34. The van der Waals surface area contributed by atoms with Crippen LogP contribution in [0.1, 0.15) is 26.1 Å². The largest absolute Gasteiger partial charge is 0.440 e. The first-order chi connectivity index (χ1) is 9.03. The van der Waals surface area contributed by atoms with Crippen molar-refractivity contribution < 1.29 is 13.7 Å². The zero-order valence-corrected chi connectivity index (χ0v) is 11.6. The van der Waals surface area contributed by atoms with Crippen LogP contribution in [0.5, 0.6) is 0 Å². The van der Waals surface area contributed by atoms with Gasteiger partial charge < -0.3 is 19.4 Å². The first-order valence-corrected chi connectivity index (χ1v) is 6.37. The topological polar surface area (TPSA) is 87.3 Å². The molecule has 2 rings (SSSR count). The minimum atomic E-state index is -0.812. The molecule has 0 spiro atoms. The number of hydrogen-bond donors (Lipinski definition) is 1. The van der Waals surface area contributed by atoms with Gasteiger partial charge in [0.05, 0.1) is 6.61 Å². The van der Waals surface area contributed by atoms with E-state index < -0.39 is 5.54 Å². The van der Waals surface area contributed by atoms with E-state index in [1.165, 1.54) is 0 Å². The van der Waals surface area contributed by atoms with Crippen LogP contribution in [0.25, 0.3) is 11.7 Å². The Morgan fingerprint density at radius 3 is 2.89 bits per heavy atom. The van der Waals surface area contributed by atoms with Crippen molar-refractivity contribution in [1.29, 1.82) is 0 Å². The molecule has 0 aliphatic heterocycles. The maximum absolute atomic E-state index is 6.11. The van der Waals surface area contributed by atoms with Crippen molar-refractivity contribution in [3.8, 4) is 11.7 Å². The van der Waals surface area contributed by atoms with E-state index >= 15 is 0 Å². The summed E-state index contributed by atoms with van der Waals surface area (Å²) in [6.07, 6.45) is 0.929. The molecule has 2 N–H and O–H groups in total. The number of rotatable bonds is 6. The third-order valence-electron chi connectivity index (χ3n) is 2.47. The molecule has 0 saturated carbocycles. The Labute approximate surface area is 115 Å². The molecule has 7 heteroatoms. The molecule has 0 bridgehead atoms. The SMILES string of the molecule is CCCOCC(C)(N)c1noc(-c2ccc(Cl)o2)n1. The Bertz CT molecular complexity index is 536. The van der Waals surface area contributed by atoms with Crippen LogP contribution in [0.4, 0.5) is 0 Å². The van der Waals surface area contributed by atoms with Crippen LogP contribution >= 0.6 is 11.6 Å². The zero-order chi connectivity index (χ0) is 13.9. The molecule has 6 nitrogen and oxygen atoms in total. The highest BCUT2D eigenvalue weighted by Gasteiger charge is 2.28. The van der Waals surface area contributed by atoms with Gasteiger partial charge in [0.15, 0.2) is 16.8 Å². The molecule has 0 aliphatic rings. The Balaban J connectivity index is 2.11. The van der Waals surface area contributed by atoms with Crippen molar-refractivity contribution in [2.45, 2.75) is 25.8 Å². The highest BCUT2D eigenvalue weighted by Crippen LogP contribution is 2.25. The lowest BCUT2D eigenvalue weighted by molar-refractivity contribution is 0.0867. The van der Waals surface area contributed by atoms with E-state index in [1.807, 2.05) is 6.92 Å². The predicted molar refractivity (Wildman–Crippen MR) is 69.7 cm³/mol. The molecule has 1 unspecified atom stereocenters. The Hall–Kier alpha value is -1.37. The number of aromatic nitrogens is 2. The van der Waals surface area contributed by atoms with E-state index in [0.29, 0.717) is 24.8 Å². The van der Waals surface area contributed by atoms with Crippen molar-refractivity contribution in [1.82, 2.24) is 10.1 Å². The first-order valence-electron chi connectivity index (χ1n) is 5.99. The van der Waals surface area contributed by atoms with Crippen molar-refractivity contribution in [2.24, 2.45) is 5.73 Å². The summed E-state index contributed by atoms with van der Waals surface area (Å²) in [6.45, 7) is 4.78. The maximum atomic E-state index is 6.11. The number of halogens is 1. The fourth-order valence-electron chi connectivity index (χ4n) is 1.48. The van der Waals surface area contributed by atoms with Crippen molar-refractivity contribution >= 4 is 11.6 Å². The van der Waals surface area contributed by atoms with Crippen molar-refractivity contribution in [3.63, 3.8) is 0 Å². The number of furan rings is 1. The highest BCUT2D eigenvalue weighted by molar-refractivity contribution is 6.28. The van der Waals surface area contributed by atoms with Crippen molar-refractivity contribution in [3.05, 3.63) is 23.2 Å². The monoisotopic (exact) mass is 285 g/mol. The molecule has 1 atom stereocenters. The minimum Gasteiger partial charge on any atom is -0.440 e. The average Bonchev–Trinajstić information content (AvgIpc) is 2.97. The van der Waals surface area contributed by atoms with Gasteiger partial charge in [-0.25, -0.2) is 0 Å². The van der Waals surface area contributed by atoms with E-state index in [-0.39, 0.29) is 11.1 Å². The maximum Gasteiger partial charge on any atom is 0.293 e. The van der Waals surface area contributed by atoms with E-state index in [2.05, 4.69) is 10.1 Å². The van der Waals surface area contributed by atoms with E-state index in [1.54, 1.807) is 19.1 Å². The lowest BCUT2D eigenvalue weighted by Crippen LogP contribution is -2.39. The summed E-state index contributed by atoms with van der Waals surface area (Å²) in [6, 6.07) is 3.26. The Kier molecular flexibility index (Phi) is 4.24. The summed E-state index contributed by atoms with van der Waals surface area (Å²) in [5.74, 6) is 1.02. The summed E-state index contributed by atoms with van der Waals surface area (Å²) in [7, 11) is 0. The summed E-state index contributed by atoms with van der Waals surface area (Å²) in [5, 5.41) is 4.12. The van der Waals surface area contributed by atoms with Gasteiger partial charge in [-0.05, 0) is 37.1 Å². The van der Waals surface area contributed by atoms with Crippen LogP contribution in [-0.4, -0.2) is 23.4 Å². The molecule has 19 heavy (non-hydrogen) atoms. The zero-order valence-electron chi connectivity index (χ0n) is 10.9. The van der Waals surface area contributed by atoms with Gasteiger partial charge in [0.2, 0.25) is 0 Å². The van der Waals surface area contributed by atoms with E-state index in [4.69, 9.17) is 31.0 Å². The average molecular weight is 286 g/mol. The molecule has 0 saturated heterocycles. The lowest BCUT2D eigenvalue weighted by Gasteiger charge is -2.19. The molecule has 2 aromatic heterocycles. The van der Waals surface area contributed by atoms with Gasteiger partial charge in [0.25, 0.3) is 5.89 Å². The summed E-state index contributed by atoms with van der Waals surface area (Å²) in [5.41, 5.74) is 5.30. The molecule has 2 aromatic rings. The second-order valence-electron chi connectivity index (χ2n) is 4.50. The Morgan fingerprint density at radius 2 is 2.26 bits per heavy atom. The molecule has 0 radical (unpaired) electrons. The number of nitrogens with zero attached hydrogens (tertiary/aromatic N) is 2. The molecular formula is C12H16ClN3O3. The van der Waals surface area contributed by atoms with Crippen LogP contribution < -0.4 is 5.73 Å². The second-order valence-corrected chi connectivity index (χ2v) is 4.87. The van der Waals surface area contributed by atoms with Crippen LogP contribution in [-0.2, 0) is 10.3 Å². The van der Waals surface area contributed by atoms with E-state index in [0.717, 1.165) is 6.42 Å². The third-order valence-corrected chi connectivity index (χ3v) is 2.67. The van der Waals surface area contributed by atoms with Gasteiger partial charge in [-0.1, -0.05) is 12.1 Å². The van der Waals surface area contributed by atoms with Crippen LogP contribution in [0.15, 0.2) is 21.1 Å². The van der Waals surface area contributed by atoms with Gasteiger partial charge in [0, 0.05) is 6.61 Å². The summed E-state index contributed by atoms with van der Waals surface area (Å²) < 4.78 is 15.7. The first kappa shape index (κ1) is 14.0. The normalized spacial score (nSPS) is 14.5. The number of nitrogens with two attached hydrogens (primary N) is 1. The number of ether oxygens (including phenoxy) is 1. The van der Waals surface area contributed by atoms with E-state index in [9.17, 15) is 0 Å². The molecule has 104 valence electrons. The molecule has 0 aliphatic carbocycles. The number of hydrogen-bond acceptors (Lipinski definition) is 6.